The molecule has 0 bridgehead atoms. The predicted octanol–water partition coefficient (Wildman–Crippen LogP) is 3.43. The largest absolute Gasteiger partial charge is 0.414 e. The highest BCUT2D eigenvalue weighted by atomic mass is 32.1. The van der Waals surface area contributed by atoms with Gasteiger partial charge in [-0.05, 0) is 23.9 Å². The van der Waals surface area contributed by atoms with Gasteiger partial charge in [0.2, 0.25) is 0 Å². The van der Waals surface area contributed by atoms with Crippen molar-refractivity contribution in [2.24, 2.45) is 0 Å². The van der Waals surface area contributed by atoms with Crippen molar-refractivity contribution in [3.8, 4) is 0 Å². The SMILES string of the molecule is Cc1c(C(=O)NOCC(F)(F)F)sc2ccccc12. The van der Waals surface area contributed by atoms with Gasteiger partial charge in [0, 0.05) is 4.70 Å². The summed E-state index contributed by atoms with van der Waals surface area (Å²) in [5.41, 5.74) is 2.54. The molecule has 0 spiro atoms. The molecule has 2 aromatic rings. The van der Waals surface area contributed by atoms with Crippen LogP contribution >= 0.6 is 11.3 Å². The van der Waals surface area contributed by atoms with E-state index in [0.29, 0.717) is 4.88 Å². The molecule has 0 saturated carbocycles. The lowest BCUT2D eigenvalue weighted by molar-refractivity contribution is -0.184. The topological polar surface area (TPSA) is 38.3 Å². The Labute approximate surface area is 110 Å². The van der Waals surface area contributed by atoms with Crippen molar-refractivity contribution >= 4 is 27.3 Å². The maximum Gasteiger partial charge on any atom is 0.414 e. The number of carbonyl (C=O) groups excluding carboxylic acids is 1. The van der Waals surface area contributed by atoms with Gasteiger partial charge in [-0.15, -0.1) is 11.3 Å². The van der Waals surface area contributed by atoms with Gasteiger partial charge in [-0.3, -0.25) is 9.63 Å². The summed E-state index contributed by atoms with van der Waals surface area (Å²) in [7, 11) is 0. The molecule has 7 heteroatoms. The fraction of sp³-hybridized carbons (Fsp3) is 0.250. The number of hydrogen-bond donors (Lipinski definition) is 1. The highest BCUT2D eigenvalue weighted by Gasteiger charge is 2.28. The summed E-state index contributed by atoms with van der Waals surface area (Å²) in [6.07, 6.45) is -4.47. The Morgan fingerprint density at radius 1 is 1.37 bits per heavy atom. The maximum atomic E-state index is 11.9. The fourth-order valence-corrected chi connectivity index (χ4v) is 2.72. The van der Waals surface area contributed by atoms with Crippen molar-refractivity contribution in [1.29, 1.82) is 0 Å². The second-order valence-corrected chi connectivity index (χ2v) is 4.94. The third-order valence-corrected chi connectivity index (χ3v) is 3.72. The first-order valence-corrected chi connectivity index (χ1v) is 6.17. The number of nitrogens with one attached hydrogen (secondary N) is 1. The van der Waals surface area contributed by atoms with Crippen LogP contribution in [0, 0.1) is 6.92 Å². The fourth-order valence-electron chi connectivity index (χ4n) is 1.62. The average Bonchev–Trinajstić information content (AvgIpc) is 2.66. The van der Waals surface area contributed by atoms with Crippen LogP contribution < -0.4 is 5.48 Å². The first-order valence-electron chi connectivity index (χ1n) is 5.35. The van der Waals surface area contributed by atoms with Crippen LogP contribution in [0.3, 0.4) is 0 Å². The number of hydroxylamine groups is 1. The Morgan fingerprint density at radius 3 is 2.68 bits per heavy atom. The second-order valence-electron chi connectivity index (χ2n) is 3.89. The number of carbonyl (C=O) groups is 1. The number of rotatable bonds is 3. The summed E-state index contributed by atoms with van der Waals surface area (Å²) < 4.78 is 36.5. The van der Waals surface area contributed by atoms with E-state index in [1.165, 1.54) is 11.3 Å². The van der Waals surface area contributed by atoms with Crippen molar-refractivity contribution < 1.29 is 22.8 Å². The maximum absolute atomic E-state index is 11.9. The van der Waals surface area contributed by atoms with E-state index in [-0.39, 0.29) is 0 Å². The van der Waals surface area contributed by atoms with Crippen LogP contribution in [0.1, 0.15) is 15.2 Å². The molecule has 0 atom stereocenters. The Hall–Kier alpha value is -1.60. The number of alkyl halides is 3. The first kappa shape index (κ1) is 13.8. The van der Waals surface area contributed by atoms with Crippen LogP contribution in [0.25, 0.3) is 10.1 Å². The van der Waals surface area contributed by atoms with Crippen LogP contribution in [-0.4, -0.2) is 18.7 Å². The second kappa shape index (κ2) is 5.18. The van der Waals surface area contributed by atoms with Crippen LogP contribution in [0.2, 0.25) is 0 Å². The van der Waals surface area contributed by atoms with Gasteiger partial charge in [-0.2, -0.15) is 13.2 Å². The van der Waals surface area contributed by atoms with Crippen molar-refractivity contribution in [2.75, 3.05) is 6.61 Å². The van der Waals surface area contributed by atoms with E-state index in [0.717, 1.165) is 15.6 Å². The molecule has 3 nitrogen and oxygen atoms in total. The van der Waals surface area contributed by atoms with Crippen LogP contribution in [-0.2, 0) is 4.84 Å². The number of halogens is 3. The van der Waals surface area contributed by atoms with Crippen LogP contribution in [0.15, 0.2) is 24.3 Å². The molecule has 2 rings (SSSR count). The summed E-state index contributed by atoms with van der Waals surface area (Å²) >= 11 is 1.22. The molecule has 0 aliphatic rings. The van der Waals surface area contributed by atoms with Crippen molar-refractivity contribution in [1.82, 2.24) is 5.48 Å². The van der Waals surface area contributed by atoms with E-state index in [4.69, 9.17) is 0 Å². The lowest BCUT2D eigenvalue weighted by Gasteiger charge is -2.07. The average molecular weight is 289 g/mol. The zero-order chi connectivity index (χ0) is 14.0. The van der Waals surface area contributed by atoms with Crippen LogP contribution in [0.4, 0.5) is 13.2 Å². The van der Waals surface area contributed by atoms with E-state index in [1.807, 2.05) is 29.7 Å². The smallest absolute Gasteiger partial charge is 0.266 e. The number of thiophene rings is 1. The highest BCUT2D eigenvalue weighted by Crippen LogP contribution is 2.30. The van der Waals surface area contributed by atoms with Gasteiger partial charge in [0.1, 0.15) is 0 Å². The highest BCUT2D eigenvalue weighted by molar-refractivity contribution is 7.21. The molecule has 19 heavy (non-hydrogen) atoms. The van der Waals surface area contributed by atoms with Gasteiger partial charge in [-0.1, -0.05) is 18.2 Å². The molecule has 102 valence electrons. The van der Waals surface area contributed by atoms with Crippen molar-refractivity contribution in [2.45, 2.75) is 13.1 Å². The number of aryl methyl sites for hydroxylation is 1. The summed E-state index contributed by atoms with van der Waals surface area (Å²) in [5, 5.41) is 0.911. The molecule has 1 heterocycles. The lowest BCUT2D eigenvalue weighted by Crippen LogP contribution is -2.29. The summed E-state index contributed by atoms with van der Waals surface area (Å²) in [5.74, 6) is -0.664. The van der Waals surface area contributed by atoms with E-state index in [2.05, 4.69) is 4.84 Å². The molecular weight excluding hydrogens is 279 g/mol. The number of amides is 1. The van der Waals surface area contributed by atoms with Gasteiger partial charge < -0.3 is 0 Å². The normalized spacial score (nSPS) is 11.8. The van der Waals surface area contributed by atoms with E-state index < -0.39 is 18.7 Å². The molecule has 0 aliphatic carbocycles. The zero-order valence-electron chi connectivity index (χ0n) is 9.88. The molecule has 0 unspecified atom stereocenters. The Balaban J connectivity index is 2.11. The molecule has 0 saturated heterocycles. The quantitative estimate of drug-likeness (QED) is 0.879. The minimum atomic E-state index is -4.47. The van der Waals surface area contributed by atoms with E-state index >= 15 is 0 Å². The number of hydrogen-bond acceptors (Lipinski definition) is 3. The predicted molar refractivity (Wildman–Crippen MR) is 66.0 cm³/mol. The molecule has 0 aliphatic heterocycles. The summed E-state index contributed by atoms with van der Waals surface area (Å²) in [4.78, 5) is 16.2. The van der Waals surface area contributed by atoms with Gasteiger partial charge in [0.05, 0.1) is 4.88 Å². The third kappa shape index (κ3) is 3.24. The Kier molecular flexibility index (Phi) is 3.77. The van der Waals surface area contributed by atoms with E-state index in [1.54, 1.807) is 6.92 Å². The van der Waals surface area contributed by atoms with Crippen LogP contribution in [0.5, 0.6) is 0 Å². The van der Waals surface area contributed by atoms with Gasteiger partial charge in [0.25, 0.3) is 5.91 Å². The molecule has 0 radical (unpaired) electrons. The van der Waals surface area contributed by atoms with Crippen molar-refractivity contribution in [3.05, 3.63) is 34.7 Å². The molecule has 1 amide bonds. The van der Waals surface area contributed by atoms with Gasteiger partial charge in [-0.25, -0.2) is 5.48 Å². The molecule has 0 fully saturated rings. The monoisotopic (exact) mass is 289 g/mol. The standard InChI is InChI=1S/C12H10F3NO2S/c1-7-8-4-2-3-5-9(8)19-10(7)11(17)16-18-6-12(13,14)15/h2-5H,6H2,1H3,(H,16,17). The number of benzene rings is 1. The Morgan fingerprint density at radius 2 is 2.05 bits per heavy atom. The summed E-state index contributed by atoms with van der Waals surface area (Å²) in [6, 6.07) is 7.37. The molecule has 1 aromatic carbocycles. The number of fused-ring (bicyclic) bond motifs is 1. The summed E-state index contributed by atoms with van der Waals surface area (Å²) in [6.45, 7) is 0.236. The first-order chi connectivity index (χ1) is 8.88. The minimum Gasteiger partial charge on any atom is -0.266 e. The Bertz CT molecular complexity index is 607. The molecular formula is C12H10F3NO2S. The molecule has 1 aromatic heterocycles. The zero-order valence-corrected chi connectivity index (χ0v) is 10.7. The van der Waals surface area contributed by atoms with E-state index in [9.17, 15) is 18.0 Å². The van der Waals surface area contributed by atoms with Crippen molar-refractivity contribution in [3.63, 3.8) is 0 Å². The third-order valence-electron chi connectivity index (χ3n) is 2.45. The van der Waals surface area contributed by atoms with Gasteiger partial charge >= 0.3 is 6.18 Å². The van der Waals surface area contributed by atoms with Gasteiger partial charge in [0.15, 0.2) is 6.61 Å². The minimum absolute atomic E-state index is 0.350. The molecule has 1 N–H and O–H groups in total. The lowest BCUT2D eigenvalue weighted by atomic mass is 10.1.